The van der Waals surface area contributed by atoms with Crippen molar-refractivity contribution >= 4 is 11.6 Å². The first-order valence-corrected chi connectivity index (χ1v) is 4.98. The van der Waals surface area contributed by atoms with Gasteiger partial charge in [0.25, 0.3) is 5.56 Å². The smallest absolute Gasteiger partial charge is 0.251 e. The molecular weight excluding hydrogens is 228 g/mol. The SMILES string of the molecule is COc1ccc(-c2nccc(=O)[nH]2)cc1Cl. The normalized spacial score (nSPS) is 10.1. The van der Waals surface area contributed by atoms with E-state index in [0.29, 0.717) is 16.6 Å². The van der Waals surface area contributed by atoms with Crippen molar-refractivity contribution in [1.29, 1.82) is 0 Å². The van der Waals surface area contributed by atoms with E-state index in [4.69, 9.17) is 16.3 Å². The molecule has 0 saturated carbocycles. The second-order valence-corrected chi connectivity index (χ2v) is 3.54. The lowest BCUT2D eigenvalue weighted by Gasteiger charge is -2.05. The molecule has 0 spiro atoms. The third-order valence-electron chi connectivity index (χ3n) is 2.10. The van der Waals surface area contributed by atoms with Crippen molar-refractivity contribution in [3.8, 4) is 17.1 Å². The maximum Gasteiger partial charge on any atom is 0.251 e. The standard InChI is InChI=1S/C11H9ClN2O2/c1-16-9-3-2-7(6-8(9)12)11-13-5-4-10(15)14-11/h2-6H,1H3,(H,13,14,15). The van der Waals surface area contributed by atoms with E-state index in [-0.39, 0.29) is 5.56 Å². The molecule has 0 bridgehead atoms. The Morgan fingerprint density at radius 2 is 2.19 bits per heavy atom. The summed E-state index contributed by atoms with van der Waals surface area (Å²) in [5, 5.41) is 0.478. The first kappa shape index (κ1) is 10.7. The second-order valence-electron chi connectivity index (χ2n) is 3.13. The molecule has 0 aliphatic heterocycles. The molecule has 0 saturated heterocycles. The molecule has 2 rings (SSSR count). The fraction of sp³-hybridized carbons (Fsp3) is 0.0909. The second kappa shape index (κ2) is 4.37. The zero-order valence-electron chi connectivity index (χ0n) is 8.53. The van der Waals surface area contributed by atoms with Crippen LogP contribution in [0.15, 0.2) is 35.3 Å². The first-order valence-electron chi connectivity index (χ1n) is 4.60. The van der Waals surface area contributed by atoms with E-state index in [1.54, 1.807) is 25.3 Å². The van der Waals surface area contributed by atoms with Crippen LogP contribution in [0.2, 0.25) is 5.02 Å². The van der Waals surface area contributed by atoms with Crippen molar-refractivity contribution in [1.82, 2.24) is 9.97 Å². The number of methoxy groups -OCH3 is 1. The highest BCUT2D eigenvalue weighted by atomic mass is 35.5. The number of halogens is 1. The molecule has 82 valence electrons. The fourth-order valence-corrected chi connectivity index (χ4v) is 1.59. The van der Waals surface area contributed by atoms with Gasteiger partial charge >= 0.3 is 0 Å². The molecule has 0 aliphatic carbocycles. The fourth-order valence-electron chi connectivity index (χ4n) is 1.33. The number of aromatic amines is 1. The number of rotatable bonds is 2. The van der Waals surface area contributed by atoms with Gasteiger partial charge in [0, 0.05) is 17.8 Å². The van der Waals surface area contributed by atoms with Gasteiger partial charge in [-0.2, -0.15) is 0 Å². The third kappa shape index (κ3) is 2.06. The van der Waals surface area contributed by atoms with Crippen molar-refractivity contribution in [3.05, 3.63) is 45.8 Å². The molecular formula is C11H9ClN2O2. The van der Waals surface area contributed by atoms with Crippen molar-refractivity contribution in [2.24, 2.45) is 0 Å². The molecule has 0 radical (unpaired) electrons. The Hall–Kier alpha value is -1.81. The summed E-state index contributed by atoms with van der Waals surface area (Å²) in [6, 6.07) is 6.56. The molecule has 2 aromatic rings. The van der Waals surface area contributed by atoms with Crippen LogP contribution in [0.4, 0.5) is 0 Å². The van der Waals surface area contributed by atoms with E-state index in [2.05, 4.69) is 9.97 Å². The minimum absolute atomic E-state index is 0.197. The van der Waals surface area contributed by atoms with E-state index in [1.165, 1.54) is 12.3 Å². The van der Waals surface area contributed by atoms with Crippen LogP contribution in [0.5, 0.6) is 5.75 Å². The summed E-state index contributed by atoms with van der Waals surface area (Å²) in [5.74, 6) is 1.07. The lowest BCUT2D eigenvalue weighted by Crippen LogP contribution is -2.05. The highest BCUT2D eigenvalue weighted by Crippen LogP contribution is 2.28. The van der Waals surface area contributed by atoms with Gasteiger partial charge in [-0.1, -0.05) is 11.6 Å². The summed E-state index contributed by atoms with van der Waals surface area (Å²) in [6.45, 7) is 0. The van der Waals surface area contributed by atoms with Gasteiger partial charge in [-0.25, -0.2) is 4.98 Å². The van der Waals surface area contributed by atoms with Crippen LogP contribution in [0.3, 0.4) is 0 Å². The van der Waals surface area contributed by atoms with Gasteiger partial charge in [-0.15, -0.1) is 0 Å². The molecule has 1 aromatic carbocycles. The van der Waals surface area contributed by atoms with Crippen LogP contribution in [0, 0.1) is 0 Å². The summed E-state index contributed by atoms with van der Waals surface area (Å²) in [6.07, 6.45) is 1.45. The Balaban J connectivity index is 2.49. The number of nitrogens with one attached hydrogen (secondary N) is 1. The van der Waals surface area contributed by atoms with Gasteiger partial charge in [0.05, 0.1) is 12.1 Å². The van der Waals surface area contributed by atoms with Crippen LogP contribution in [-0.2, 0) is 0 Å². The van der Waals surface area contributed by atoms with Crippen LogP contribution in [0.25, 0.3) is 11.4 Å². The average Bonchev–Trinajstić information content (AvgIpc) is 2.29. The van der Waals surface area contributed by atoms with E-state index in [0.717, 1.165) is 5.56 Å². The molecule has 0 aliphatic rings. The van der Waals surface area contributed by atoms with E-state index in [1.807, 2.05) is 0 Å². The van der Waals surface area contributed by atoms with E-state index < -0.39 is 0 Å². The first-order chi connectivity index (χ1) is 7.70. The Bertz CT molecular complexity index is 566. The summed E-state index contributed by atoms with van der Waals surface area (Å²) in [5.41, 5.74) is 0.542. The highest BCUT2D eigenvalue weighted by Gasteiger charge is 2.05. The minimum Gasteiger partial charge on any atom is -0.495 e. The number of nitrogens with zero attached hydrogens (tertiary/aromatic N) is 1. The molecule has 4 nitrogen and oxygen atoms in total. The largest absolute Gasteiger partial charge is 0.495 e. The molecule has 0 fully saturated rings. The lowest BCUT2D eigenvalue weighted by atomic mass is 10.2. The van der Waals surface area contributed by atoms with Crippen molar-refractivity contribution in [3.63, 3.8) is 0 Å². The van der Waals surface area contributed by atoms with Gasteiger partial charge in [-0.3, -0.25) is 4.79 Å². The Morgan fingerprint density at radius 1 is 1.38 bits per heavy atom. The number of benzene rings is 1. The zero-order chi connectivity index (χ0) is 11.5. The average molecular weight is 237 g/mol. The summed E-state index contributed by atoms with van der Waals surface area (Å²) < 4.78 is 5.04. The van der Waals surface area contributed by atoms with Crippen molar-refractivity contribution < 1.29 is 4.74 Å². The Labute approximate surface area is 96.9 Å². The van der Waals surface area contributed by atoms with Gasteiger partial charge < -0.3 is 9.72 Å². The highest BCUT2D eigenvalue weighted by molar-refractivity contribution is 6.32. The summed E-state index contributed by atoms with van der Waals surface area (Å²) in [4.78, 5) is 17.8. The quantitative estimate of drug-likeness (QED) is 0.869. The molecule has 0 amide bonds. The van der Waals surface area contributed by atoms with Crippen LogP contribution < -0.4 is 10.3 Å². The number of hydrogen-bond acceptors (Lipinski definition) is 3. The van der Waals surface area contributed by atoms with Crippen LogP contribution >= 0.6 is 11.6 Å². The summed E-state index contributed by atoms with van der Waals surface area (Å²) >= 11 is 5.97. The molecule has 0 unspecified atom stereocenters. The van der Waals surface area contributed by atoms with Crippen molar-refractivity contribution in [2.75, 3.05) is 7.11 Å². The topological polar surface area (TPSA) is 55.0 Å². The molecule has 5 heteroatoms. The predicted molar refractivity (Wildman–Crippen MR) is 61.9 cm³/mol. The van der Waals surface area contributed by atoms with Gasteiger partial charge in [0.1, 0.15) is 11.6 Å². The summed E-state index contributed by atoms with van der Waals surface area (Å²) in [7, 11) is 1.55. The van der Waals surface area contributed by atoms with E-state index in [9.17, 15) is 4.79 Å². The van der Waals surface area contributed by atoms with Crippen LogP contribution in [-0.4, -0.2) is 17.1 Å². The molecule has 1 N–H and O–H groups in total. The van der Waals surface area contributed by atoms with Gasteiger partial charge in [0.2, 0.25) is 0 Å². The minimum atomic E-state index is -0.197. The van der Waals surface area contributed by atoms with Gasteiger partial charge in [0.15, 0.2) is 0 Å². The zero-order valence-corrected chi connectivity index (χ0v) is 9.28. The maximum atomic E-state index is 11.1. The number of aromatic nitrogens is 2. The molecule has 0 atom stereocenters. The maximum absolute atomic E-state index is 11.1. The van der Waals surface area contributed by atoms with Crippen molar-refractivity contribution in [2.45, 2.75) is 0 Å². The van der Waals surface area contributed by atoms with Gasteiger partial charge in [-0.05, 0) is 18.2 Å². The van der Waals surface area contributed by atoms with E-state index >= 15 is 0 Å². The monoisotopic (exact) mass is 236 g/mol. The van der Waals surface area contributed by atoms with Crippen LogP contribution in [0.1, 0.15) is 0 Å². The predicted octanol–water partition coefficient (Wildman–Crippen LogP) is 2.10. The number of hydrogen-bond donors (Lipinski definition) is 1. The number of ether oxygens (including phenoxy) is 1. The molecule has 1 aromatic heterocycles. The molecule has 16 heavy (non-hydrogen) atoms. The Kier molecular flexibility index (Phi) is 2.92. The lowest BCUT2D eigenvalue weighted by molar-refractivity contribution is 0.415. The Morgan fingerprint density at radius 3 is 2.81 bits per heavy atom. The molecule has 1 heterocycles. The third-order valence-corrected chi connectivity index (χ3v) is 2.39. The number of H-pyrrole nitrogens is 1.